The molecule has 1 aromatic heterocycles. The molecule has 0 amide bonds. The topological polar surface area (TPSA) is 28.2 Å². The summed E-state index contributed by atoms with van der Waals surface area (Å²) >= 11 is 13.1. The molecule has 2 aromatic carbocycles. The Bertz CT molecular complexity index is 918. The number of piperidine rings is 1. The van der Waals surface area contributed by atoms with Crippen molar-refractivity contribution in [3.63, 3.8) is 0 Å². The Labute approximate surface area is 165 Å². The number of hydrogen-bond donors (Lipinski definition) is 1. The summed E-state index contributed by atoms with van der Waals surface area (Å²) in [5.41, 5.74) is 1.79. The Morgan fingerprint density at radius 1 is 1.23 bits per heavy atom. The normalized spacial score (nSPS) is 15.4. The van der Waals surface area contributed by atoms with Gasteiger partial charge < -0.3 is 10.2 Å². The third-order valence-corrected chi connectivity index (χ3v) is 6.46. The molecular formula is C19H17ClFN3S2. The van der Waals surface area contributed by atoms with Crippen LogP contribution in [-0.2, 0) is 0 Å². The van der Waals surface area contributed by atoms with Crippen LogP contribution in [0.15, 0.2) is 42.5 Å². The van der Waals surface area contributed by atoms with Crippen LogP contribution in [0.3, 0.4) is 0 Å². The third-order valence-electron chi connectivity index (χ3n) is 4.61. The number of fused-ring (bicyclic) bond motifs is 1. The van der Waals surface area contributed by atoms with Gasteiger partial charge in [0.1, 0.15) is 5.82 Å². The van der Waals surface area contributed by atoms with Gasteiger partial charge in [-0.3, -0.25) is 0 Å². The fourth-order valence-electron chi connectivity index (χ4n) is 3.17. The van der Waals surface area contributed by atoms with Crippen LogP contribution in [0.25, 0.3) is 10.2 Å². The van der Waals surface area contributed by atoms with E-state index < -0.39 is 5.82 Å². The minimum atomic E-state index is -0.431. The van der Waals surface area contributed by atoms with E-state index >= 15 is 0 Å². The molecule has 0 radical (unpaired) electrons. The van der Waals surface area contributed by atoms with E-state index in [1.807, 2.05) is 6.07 Å². The Morgan fingerprint density at radius 2 is 2.00 bits per heavy atom. The van der Waals surface area contributed by atoms with Crippen molar-refractivity contribution in [1.82, 2.24) is 9.88 Å². The fourth-order valence-corrected chi connectivity index (χ4v) is 4.79. The number of anilines is 1. The highest BCUT2D eigenvalue weighted by Gasteiger charge is 2.24. The van der Waals surface area contributed by atoms with Gasteiger partial charge in [0.05, 0.1) is 20.2 Å². The highest BCUT2D eigenvalue weighted by molar-refractivity contribution is 7.80. The number of nitrogens with zero attached hydrogens (tertiary/aromatic N) is 2. The quantitative estimate of drug-likeness (QED) is 0.556. The second-order valence-corrected chi connectivity index (χ2v) is 8.20. The maximum atomic E-state index is 13.3. The Morgan fingerprint density at radius 3 is 2.73 bits per heavy atom. The lowest BCUT2D eigenvalue weighted by molar-refractivity contribution is 0.316. The fraction of sp³-hybridized carbons (Fsp3) is 0.263. The zero-order valence-corrected chi connectivity index (χ0v) is 16.3. The molecule has 3 nitrogen and oxygen atoms in total. The second kappa shape index (κ2) is 7.47. The first-order valence-electron chi connectivity index (χ1n) is 8.46. The average Bonchev–Trinajstić information content (AvgIpc) is 3.09. The molecule has 1 aliphatic rings. The summed E-state index contributed by atoms with van der Waals surface area (Å²) in [4.78, 5) is 6.94. The molecule has 26 heavy (non-hydrogen) atoms. The molecule has 0 aliphatic carbocycles. The molecule has 0 spiro atoms. The number of benzene rings is 2. The first-order chi connectivity index (χ1) is 12.6. The zero-order valence-electron chi connectivity index (χ0n) is 13.9. The van der Waals surface area contributed by atoms with Crippen molar-refractivity contribution in [1.29, 1.82) is 0 Å². The van der Waals surface area contributed by atoms with Crippen molar-refractivity contribution in [2.75, 3.05) is 18.4 Å². The van der Waals surface area contributed by atoms with E-state index in [1.54, 1.807) is 23.5 Å². The van der Waals surface area contributed by atoms with Gasteiger partial charge >= 0.3 is 0 Å². The molecule has 2 heterocycles. The summed E-state index contributed by atoms with van der Waals surface area (Å²) in [7, 11) is 0. The van der Waals surface area contributed by atoms with E-state index in [0.717, 1.165) is 31.4 Å². The van der Waals surface area contributed by atoms with Gasteiger partial charge in [0.2, 0.25) is 0 Å². The largest absolute Gasteiger partial charge is 0.349 e. The van der Waals surface area contributed by atoms with E-state index in [2.05, 4.69) is 28.4 Å². The lowest BCUT2D eigenvalue weighted by atomic mass is 9.98. The molecule has 0 atom stereocenters. The van der Waals surface area contributed by atoms with Gasteiger partial charge in [-0.05, 0) is 55.4 Å². The van der Waals surface area contributed by atoms with Crippen LogP contribution in [0.1, 0.15) is 23.8 Å². The van der Waals surface area contributed by atoms with E-state index in [-0.39, 0.29) is 5.02 Å². The highest BCUT2D eigenvalue weighted by atomic mass is 35.5. The minimum absolute atomic E-state index is 0.0901. The predicted octanol–water partition coefficient (Wildman–Crippen LogP) is 5.67. The molecule has 134 valence electrons. The van der Waals surface area contributed by atoms with Crippen LogP contribution in [0, 0.1) is 5.82 Å². The molecule has 1 fully saturated rings. The smallest absolute Gasteiger partial charge is 0.173 e. The van der Waals surface area contributed by atoms with Crippen LogP contribution in [-0.4, -0.2) is 28.1 Å². The molecule has 4 rings (SSSR count). The average molecular weight is 406 g/mol. The van der Waals surface area contributed by atoms with Gasteiger partial charge in [-0.25, -0.2) is 9.37 Å². The number of thiocarbonyl (C=S) groups is 1. The van der Waals surface area contributed by atoms with Crippen molar-refractivity contribution in [3.8, 4) is 0 Å². The summed E-state index contributed by atoms with van der Waals surface area (Å²) < 4.78 is 14.5. The summed E-state index contributed by atoms with van der Waals surface area (Å²) in [6.45, 7) is 1.75. The first kappa shape index (κ1) is 17.6. The van der Waals surface area contributed by atoms with Gasteiger partial charge in [0.15, 0.2) is 5.11 Å². The predicted molar refractivity (Wildman–Crippen MR) is 111 cm³/mol. The number of hydrogen-bond acceptors (Lipinski definition) is 3. The first-order valence-corrected chi connectivity index (χ1v) is 10.1. The SMILES string of the molecule is Fc1ccc(NC(=S)N2CCC(c3nc4ccccc4s3)CC2)cc1Cl. The number of nitrogens with one attached hydrogen (secondary N) is 1. The molecule has 1 N–H and O–H groups in total. The summed E-state index contributed by atoms with van der Waals surface area (Å²) in [6, 6.07) is 12.8. The summed E-state index contributed by atoms with van der Waals surface area (Å²) in [5, 5.41) is 5.11. The summed E-state index contributed by atoms with van der Waals surface area (Å²) in [5.74, 6) is 0.0477. The second-order valence-electron chi connectivity index (χ2n) is 6.34. The maximum absolute atomic E-state index is 13.3. The molecule has 0 bridgehead atoms. The molecule has 1 saturated heterocycles. The molecule has 3 aromatic rings. The van der Waals surface area contributed by atoms with Crippen LogP contribution >= 0.6 is 35.2 Å². The van der Waals surface area contributed by atoms with Gasteiger partial charge in [-0.15, -0.1) is 11.3 Å². The zero-order chi connectivity index (χ0) is 18.1. The van der Waals surface area contributed by atoms with E-state index in [1.165, 1.54) is 15.8 Å². The molecule has 0 unspecified atom stereocenters. The Balaban J connectivity index is 1.38. The number of halogens is 2. The van der Waals surface area contributed by atoms with E-state index in [0.29, 0.717) is 16.7 Å². The van der Waals surface area contributed by atoms with Gasteiger partial charge in [-0.1, -0.05) is 23.7 Å². The van der Waals surface area contributed by atoms with Crippen LogP contribution in [0.2, 0.25) is 5.02 Å². The van der Waals surface area contributed by atoms with Crippen molar-refractivity contribution < 1.29 is 4.39 Å². The van der Waals surface area contributed by atoms with Crippen molar-refractivity contribution in [3.05, 3.63) is 58.3 Å². The van der Waals surface area contributed by atoms with Crippen LogP contribution in [0.4, 0.5) is 10.1 Å². The molecular weight excluding hydrogens is 389 g/mol. The van der Waals surface area contributed by atoms with Crippen molar-refractivity contribution >= 4 is 56.2 Å². The molecule has 0 saturated carbocycles. The Hall–Kier alpha value is -1.76. The number of thiazole rings is 1. The van der Waals surface area contributed by atoms with Crippen molar-refractivity contribution in [2.24, 2.45) is 0 Å². The van der Waals surface area contributed by atoms with Gasteiger partial charge in [0, 0.05) is 24.7 Å². The van der Waals surface area contributed by atoms with Crippen LogP contribution in [0.5, 0.6) is 0 Å². The van der Waals surface area contributed by atoms with E-state index in [4.69, 9.17) is 28.8 Å². The van der Waals surface area contributed by atoms with Gasteiger partial charge in [-0.2, -0.15) is 0 Å². The number of rotatable bonds is 2. The van der Waals surface area contributed by atoms with E-state index in [9.17, 15) is 4.39 Å². The maximum Gasteiger partial charge on any atom is 0.173 e. The minimum Gasteiger partial charge on any atom is -0.349 e. The number of likely N-dealkylation sites (tertiary alicyclic amines) is 1. The monoisotopic (exact) mass is 405 g/mol. The van der Waals surface area contributed by atoms with Gasteiger partial charge in [0.25, 0.3) is 0 Å². The lowest BCUT2D eigenvalue weighted by Gasteiger charge is -2.33. The Kier molecular flexibility index (Phi) is 5.07. The summed E-state index contributed by atoms with van der Waals surface area (Å²) in [6.07, 6.45) is 2.04. The number of aromatic nitrogens is 1. The van der Waals surface area contributed by atoms with Crippen LogP contribution < -0.4 is 5.32 Å². The molecule has 1 aliphatic heterocycles. The highest BCUT2D eigenvalue weighted by Crippen LogP contribution is 2.34. The van der Waals surface area contributed by atoms with Crippen molar-refractivity contribution in [2.45, 2.75) is 18.8 Å². The standard InChI is InChI=1S/C19H17ClFN3S2/c20-14-11-13(5-6-15(14)21)22-19(25)24-9-7-12(8-10-24)18-23-16-3-1-2-4-17(16)26-18/h1-6,11-12H,7-10H2,(H,22,25). The third kappa shape index (κ3) is 3.68. The lowest BCUT2D eigenvalue weighted by Crippen LogP contribution is -2.40. The molecule has 7 heteroatoms. The number of para-hydroxylation sites is 1.